The van der Waals surface area contributed by atoms with Gasteiger partial charge in [-0.25, -0.2) is 4.79 Å². The number of hydrogen-bond acceptors (Lipinski definition) is 6. The van der Waals surface area contributed by atoms with Crippen molar-refractivity contribution in [3.63, 3.8) is 0 Å². The highest BCUT2D eigenvalue weighted by Gasteiger charge is 2.19. The maximum atomic E-state index is 12.2. The number of amides is 1. The fraction of sp³-hybridized carbons (Fsp3) is 0.290. The molecule has 0 saturated carbocycles. The molecule has 0 bridgehead atoms. The van der Waals surface area contributed by atoms with E-state index in [0.29, 0.717) is 40.7 Å². The van der Waals surface area contributed by atoms with Crippen LogP contribution in [0.2, 0.25) is 0 Å². The second-order valence-corrected chi connectivity index (χ2v) is 10.6. The Morgan fingerprint density at radius 3 is 2.33 bits per heavy atom. The molecule has 0 radical (unpaired) electrons. The summed E-state index contributed by atoms with van der Waals surface area (Å²) in [5.41, 5.74) is 5.49. The van der Waals surface area contributed by atoms with E-state index in [9.17, 15) is 9.90 Å². The van der Waals surface area contributed by atoms with E-state index in [1.807, 2.05) is 38.1 Å². The fourth-order valence-corrected chi connectivity index (χ4v) is 5.48. The van der Waals surface area contributed by atoms with E-state index < -0.39 is 6.09 Å². The third kappa shape index (κ3) is 6.40. The number of benzene rings is 3. The van der Waals surface area contributed by atoms with Crippen LogP contribution < -0.4 is 19.1 Å². The molecule has 7 nitrogen and oxygen atoms in total. The van der Waals surface area contributed by atoms with Gasteiger partial charge in [-0.05, 0) is 86.9 Å². The molecule has 204 valence electrons. The molecule has 0 unspecified atom stereocenters. The Labute approximate surface area is 233 Å². The minimum atomic E-state index is -0.968. The second kappa shape index (κ2) is 12.3. The van der Waals surface area contributed by atoms with Crippen molar-refractivity contribution >= 4 is 34.4 Å². The summed E-state index contributed by atoms with van der Waals surface area (Å²) in [5.74, 6) is 3.27. The highest BCUT2D eigenvalue weighted by Crippen LogP contribution is 2.39. The zero-order valence-electron chi connectivity index (χ0n) is 23.2. The number of fused-ring (bicyclic) bond motifs is 1. The number of methoxy groups -OCH3 is 2. The lowest BCUT2D eigenvalue weighted by Crippen LogP contribution is -2.31. The van der Waals surface area contributed by atoms with Crippen LogP contribution in [0, 0.1) is 27.7 Å². The molecule has 0 aliphatic carbocycles. The maximum absolute atomic E-state index is 12.2. The first-order valence-electron chi connectivity index (χ1n) is 12.7. The Balaban J connectivity index is 1.53. The second-order valence-electron chi connectivity index (χ2n) is 9.44. The average Bonchev–Trinajstić information content (AvgIpc) is 2.91. The highest BCUT2D eigenvalue weighted by atomic mass is 32.2. The van der Waals surface area contributed by atoms with Gasteiger partial charge in [-0.15, -0.1) is 11.8 Å². The first kappa shape index (κ1) is 28.1. The lowest BCUT2D eigenvalue weighted by Gasteiger charge is -2.23. The fourth-order valence-electron chi connectivity index (χ4n) is 4.42. The number of pyridine rings is 1. The first-order chi connectivity index (χ1) is 18.7. The van der Waals surface area contributed by atoms with Crippen LogP contribution in [-0.4, -0.2) is 42.7 Å². The number of rotatable bonds is 10. The normalized spacial score (nSPS) is 10.9. The summed E-state index contributed by atoms with van der Waals surface area (Å²) < 4.78 is 17.2. The summed E-state index contributed by atoms with van der Waals surface area (Å²) in [7, 11) is 3.17. The van der Waals surface area contributed by atoms with E-state index in [2.05, 4.69) is 37.0 Å². The van der Waals surface area contributed by atoms with Gasteiger partial charge in [0.1, 0.15) is 11.5 Å². The third-order valence-corrected chi connectivity index (χ3v) is 7.81. The molecule has 0 aliphatic heterocycles. The van der Waals surface area contributed by atoms with Gasteiger partial charge >= 0.3 is 6.09 Å². The van der Waals surface area contributed by atoms with Crippen LogP contribution in [0.15, 0.2) is 59.6 Å². The van der Waals surface area contributed by atoms with Crippen molar-refractivity contribution in [3.8, 4) is 23.0 Å². The van der Waals surface area contributed by atoms with Gasteiger partial charge in [0.05, 0.1) is 25.4 Å². The number of carboxylic acid groups (broad SMARTS) is 1. The van der Waals surface area contributed by atoms with E-state index in [-0.39, 0.29) is 0 Å². The van der Waals surface area contributed by atoms with Gasteiger partial charge in [0.15, 0.2) is 11.5 Å². The topological polar surface area (TPSA) is 81.1 Å². The van der Waals surface area contributed by atoms with Gasteiger partial charge in [-0.2, -0.15) is 0 Å². The molecule has 0 spiro atoms. The van der Waals surface area contributed by atoms with E-state index in [1.54, 1.807) is 38.2 Å². The van der Waals surface area contributed by atoms with Gasteiger partial charge < -0.3 is 19.3 Å². The van der Waals surface area contributed by atoms with Crippen LogP contribution >= 0.6 is 11.8 Å². The zero-order valence-corrected chi connectivity index (χ0v) is 24.0. The Hall–Kier alpha value is -3.91. The number of hydrogen-bond donors (Lipinski definition) is 1. The van der Waals surface area contributed by atoms with Crippen LogP contribution in [-0.2, 0) is 0 Å². The lowest BCUT2D eigenvalue weighted by atomic mass is 10.1. The van der Waals surface area contributed by atoms with E-state index in [1.165, 1.54) is 20.9 Å². The molecule has 0 saturated heterocycles. The summed E-state index contributed by atoms with van der Waals surface area (Å²) >= 11 is 1.77. The third-order valence-electron chi connectivity index (χ3n) is 6.57. The van der Waals surface area contributed by atoms with Gasteiger partial charge in [0, 0.05) is 29.1 Å². The van der Waals surface area contributed by atoms with E-state index in [4.69, 9.17) is 14.2 Å². The summed E-state index contributed by atoms with van der Waals surface area (Å²) in [6.45, 7) is 8.41. The molecule has 0 fully saturated rings. The Morgan fingerprint density at radius 1 is 0.872 bits per heavy atom. The van der Waals surface area contributed by atoms with Crippen molar-refractivity contribution in [2.75, 3.05) is 31.4 Å². The Kier molecular flexibility index (Phi) is 8.86. The van der Waals surface area contributed by atoms with Gasteiger partial charge in [0.25, 0.3) is 0 Å². The smallest absolute Gasteiger partial charge is 0.411 e. The molecule has 0 atom stereocenters. The number of thioether (sulfide) groups is 1. The molecule has 4 rings (SSSR count). The molecule has 8 heteroatoms. The predicted octanol–water partition coefficient (Wildman–Crippen LogP) is 7.94. The SMILES string of the molecule is COc1cc2nccc(Oc3cc(C)c(N(CCCSc4cc(C)ccc4C)C(=O)O)cc3C)c2cc1OC. The zero-order chi connectivity index (χ0) is 28.1. The lowest BCUT2D eigenvalue weighted by molar-refractivity contribution is 0.201. The summed E-state index contributed by atoms with van der Waals surface area (Å²) in [5, 5.41) is 10.8. The average molecular weight is 547 g/mol. The standard InChI is InChI=1S/C31H34N2O5S/c1-19-8-9-20(2)30(14-19)39-13-7-12-33(31(34)35)25-15-22(4)27(16-21(25)3)38-26-10-11-32-24-18-29(37-6)28(36-5)17-23(24)26/h8-11,14-18H,7,12-13H2,1-6H3,(H,34,35). The molecule has 1 aromatic heterocycles. The number of nitrogens with zero attached hydrogens (tertiary/aromatic N) is 2. The number of ether oxygens (including phenoxy) is 3. The van der Waals surface area contributed by atoms with Crippen molar-refractivity contribution in [2.45, 2.75) is 39.0 Å². The summed E-state index contributed by atoms with van der Waals surface area (Å²) in [4.78, 5) is 19.3. The number of aryl methyl sites for hydroxylation is 4. The van der Waals surface area contributed by atoms with Crippen LogP contribution in [0.4, 0.5) is 10.5 Å². The summed E-state index contributed by atoms with van der Waals surface area (Å²) in [6.07, 6.45) is 1.45. The van der Waals surface area contributed by atoms with E-state index in [0.717, 1.165) is 28.7 Å². The van der Waals surface area contributed by atoms with Gasteiger partial charge in [-0.1, -0.05) is 17.7 Å². The largest absolute Gasteiger partial charge is 0.493 e. The molecule has 3 aromatic carbocycles. The van der Waals surface area contributed by atoms with Crippen molar-refractivity contribution in [3.05, 3.63) is 77.0 Å². The van der Waals surface area contributed by atoms with Crippen molar-refractivity contribution < 1.29 is 24.1 Å². The highest BCUT2D eigenvalue weighted by molar-refractivity contribution is 7.99. The van der Waals surface area contributed by atoms with Gasteiger partial charge in [0.2, 0.25) is 0 Å². The first-order valence-corrected chi connectivity index (χ1v) is 13.7. The molecular weight excluding hydrogens is 512 g/mol. The predicted molar refractivity (Wildman–Crippen MR) is 157 cm³/mol. The Morgan fingerprint density at radius 2 is 1.62 bits per heavy atom. The van der Waals surface area contributed by atoms with Crippen LogP contribution in [0.5, 0.6) is 23.0 Å². The molecule has 0 aliphatic rings. The molecule has 39 heavy (non-hydrogen) atoms. The monoisotopic (exact) mass is 546 g/mol. The van der Waals surface area contributed by atoms with E-state index >= 15 is 0 Å². The molecule has 1 heterocycles. The maximum Gasteiger partial charge on any atom is 0.411 e. The van der Waals surface area contributed by atoms with Crippen LogP contribution in [0.25, 0.3) is 10.9 Å². The minimum absolute atomic E-state index is 0.407. The summed E-state index contributed by atoms with van der Waals surface area (Å²) in [6, 6.07) is 15.6. The number of carbonyl (C=O) groups is 1. The number of aromatic nitrogens is 1. The Bertz CT molecular complexity index is 1500. The quantitative estimate of drug-likeness (QED) is 0.160. The molecular formula is C31H34N2O5S. The minimum Gasteiger partial charge on any atom is -0.493 e. The van der Waals surface area contributed by atoms with Crippen molar-refractivity contribution in [1.29, 1.82) is 0 Å². The van der Waals surface area contributed by atoms with Crippen LogP contribution in [0.1, 0.15) is 28.7 Å². The van der Waals surface area contributed by atoms with Crippen molar-refractivity contribution in [1.82, 2.24) is 4.98 Å². The van der Waals surface area contributed by atoms with Crippen molar-refractivity contribution in [2.24, 2.45) is 0 Å². The number of anilines is 1. The van der Waals surface area contributed by atoms with Gasteiger partial charge in [-0.3, -0.25) is 9.88 Å². The molecule has 1 N–H and O–H groups in total. The molecule has 4 aromatic rings. The molecule has 1 amide bonds. The van der Waals surface area contributed by atoms with Crippen LogP contribution in [0.3, 0.4) is 0 Å².